The zero-order valence-electron chi connectivity index (χ0n) is 11.9. The van der Waals surface area contributed by atoms with Gasteiger partial charge in [0.15, 0.2) is 5.78 Å². The number of fused-ring (bicyclic) bond motifs is 1. The average molecular weight is 344 g/mol. The number of ketones is 1. The first-order chi connectivity index (χ1) is 10.2. The predicted molar refractivity (Wildman–Crippen MR) is 88.8 cm³/mol. The fourth-order valence-electron chi connectivity index (χ4n) is 2.80. The molecular formula is C18H18BrNO. The van der Waals surface area contributed by atoms with E-state index in [0.717, 1.165) is 36.0 Å². The first kappa shape index (κ1) is 14.5. The Morgan fingerprint density at radius 3 is 2.10 bits per heavy atom. The van der Waals surface area contributed by atoms with E-state index in [1.54, 1.807) is 0 Å². The van der Waals surface area contributed by atoms with Gasteiger partial charge in [-0.1, -0.05) is 52.3 Å². The molecule has 0 radical (unpaired) electrons. The molecule has 1 aliphatic rings. The summed E-state index contributed by atoms with van der Waals surface area (Å²) in [6.45, 7) is 2.42. The van der Waals surface area contributed by atoms with Crippen LogP contribution >= 0.6 is 15.9 Å². The second kappa shape index (κ2) is 6.54. The molecule has 0 saturated heterocycles. The van der Waals surface area contributed by atoms with Crippen molar-refractivity contribution in [1.82, 2.24) is 4.90 Å². The van der Waals surface area contributed by atoms with Gasteiger partial charge in [0, 0.05) is 23.1 Å². The molecular weight excluding hydrogens is 326 g/mol. The van der Waals surface area contributed by atoms with Crippen LogP contribution in [-0.4, -0.2) is 30.3 Å². The quantitative estimate of drug-likeness (QED) is 0.791. The Balaban J connectivity index is 1.64. The molecule has 0 amide bonds. The van der Waals surface area contributed by atoms with Crippen LogP contribution in [0.15, 0.2) is 53.0 Å². The van der Waals surface area contributed by atoms with Crippen LogP contribution in [0.1, 0.15) is 21.5 Å². The van der Waals surface area contributed by atoms with Crippen LogP contribution in [0.2, 0.25) is 0 Å². The fourth-order valence-corrected chi connectivity index (χ4v) is 3.07. The van der Waals surface area contributed by atoms with Gasteiger partial charge >= 0.3 is 0 Å². The van der Waals surface area contributed by atoms with E-state index in [2.05, 4.69) is 45.1 Å². The molecule has 2 nitrogen and oxygen atoms in total. The van der Waals surface area contributed by atoms with Crippen LogP contribution in [0.3, 0.4) is 0 Å². The number of carbonyl (C=O) groups is 1. The highest BCUT2D eigenvalue weighted by atomic mass is 79.9. The molecule has 3 heteroatoms. The van der Waals surface area contributed by atoms with Crippen LogP contribution in [-0.2, 0) is 12.8 Å². The normalized spacial score (nSPS) is 15.3. The van der Waals surface area contributed by atoms with E-state index >= 15 is 0 Å². The van der Waals surface area contributed by atoms with Crippen molar-refractivity contribution in [2.75, 3.05) is 19.6 Å². The molecule has 108 valence electrons. The van der Waals surface area contributed by atoms with Gasteiger partial charge in [-0.05, 0) is 36.1 Å². The van der Waals surface area contributed by atoms with Crippen LogP contribution in [0.4, 0.5) is 0 Å². The number of nitrogens with zero attached hydrogens (tertiary/aromatic N) is 1. The Hall–Kier alpha value is -1.45. The third-order valence-corrected chi connectivity index (χ3v) is 4.58. The second-order valence-corrected chi connectivity index (χ2v) is 6.39. The molecule has 0 bridgehead atoms. The van der Waals surface area contributed by atoms with Gasteiger partial charge in [-0.2, -0.15) is 0 Å². The van der Waals surface area contributed by atoms with Gasteiger partial charge in [-0.15, -0.1) is 0 Å². The topological polar surface area (TPSA) is 20.3 Å². The largest absolute Gasteiger partial charge is 0.295 e. The minimum atomic E-state index is 0.202. The highest BCUT2D eigenvalue weighted by Gasteiger charge is 2.16. The van der Waals surface area contributed by atoms with Crippen LogP contribution in [0.25, 0.3) is 0 Å². The maximum Gasteiger partial charge on any atom is 0.176 e. The molecule has 21 heavy (non-hydrogen) atoms. The average Bonchev–Trinajstić information content (AvgIpc) is 2.71. The summed E-state index contributed by atoms with van der Waals surface area (Å²) in [4.78, 5) is 14.6. The molecule has 1 aliphatic heterocycles. The van der Waals surface area contributed by atoms with Crippen molar-refractivity contribution in [1.29, 1.82) is 0 Å². The summed E-state index contributed by atoms with van der Waals surface area (Å²) in [6, 6.07) is 16.2. The van der Waals surface area contributed by atoms with Crippen molar-refractivity contribution in [3.63, 3.8) is 0 Å². The zero-order valence-corrected chi connectivity index (χ0v) is 13.5. The number of hydrogen-bond acceptors (Lipinski definition) is 2. The monoisotopic (exact) mass is 343 g/mol. The van der Waals surface area contributed by atoms with Crippen molar-refractivity contribution >= 4 is 21.7 Å². The molecule has 3 rings (SSSR count). The molecule has 0 spiro atoms. The van der Waals surface area contributed by atoms with Gasteiger partial charge in [0.25, 0.3) is 0 Å². The molecule has 0 saturated carbocycles. The summed E-state index contributed by atoms with van der Waals surface area (Å²) < 4.78 is 1.00. The minimum absolute atomic E-state index is 0.202. The van der Waals surface area contributed by atoms with Gasteiger partial charge < -0.3 is 0 Å². The summed E-state index contributed by atoms with van der Waals surface area (Å²) in [5.41, 5.74) is 3.65. The number of Topliss-reactive ketones (excluding diaryl/α,β-unsaturated/α-hetero) is 1. The van der Waals surface area contributed by atoms with Gasteiger partial charge in [0.1, 0.15) is 0 Å². The van der Waals surface area contributed by atoms with Crippen molar-refractivity contribution in [3.05, 3.63) is 69.7 Å². The van der Waals surface area contributed by atoms with E-state index in [1.165, 1.54) is 11.1 Å². The summed E-state index contributed by atoms with van der Waals surface area (Å²) >= 11 is 3.40. The Bertz CT molecular complexity index is 609. The van der Waals surface area contributed by atoms with E-state index in [-0.39, 0.29) is 5.78 Å². The summed E-state index contributed by atoms with van der Waals surface area (Å²) in [6.07, 6.45) is 2.06. The lowest BCUT2D eigenvalue weighted by atomic mass is 10.0. The maximum atomic E-state index is 12.4. The number of benzene rings is 2. The highest BCUT2D eigenvalue weighted by Crippen LogP contribution is 2.16. The van der Waals surface area contributed by atoms with Gasteiger partial charge in [0.05, 0.1) is 6.54 Å². The standard InChI is InChI=1S/C18H18BrNO/c19-17-7-5-16(6-8-17)18(21)13-20-11-9-14-3-1-2-4-15(14)10-12-20/h1-8H,9-13H2. The molecule has 0 aromatic heterocycles. The summed E-state index contributed by atoms with van der Waals surface area (Å²) in [5.74, 6) is 0.202. The van der Waals surface area contributed by atoms with Gasteiger partial charge in [0.2, 0.25) is 0 Å². The van der Waals surface area contributed by atoms with Crippen LogP contribution in [0.5, 0.6) is 0 Å². The molecule has 2 aromatic rings. The van der Waals surface area contributed by atoms with E-state index in [1.807, 2.05) is 24.3 Å². The molecule has 2 aromatic carbocycles. The lowest BCUT2D eigenvalue weighted by molar-refractivity contribution is 0.0933. The van der Waals surface area contributed by atoms with Crippen molar-refractivity contribution in [2.24, 2.45) is 0 Å². The van der Waals surface area contributed by atoms with Crippen molar-refractivity contribution in [2.45, 2.75) is 12.8 Å². The van der Waals surface area contributed by atoms with E-state index in [9.17, 15) is 4.79 Å². The molecule has 0 N–H and O–H groups in total. The van der Waals surface area contributed by atoms with E-state index in [0.29, 0.717) is 6.54 Å². The zero-order chi connectivity index (χ0) is 14.7. The Kier molecular flexibility index (Phi) is 4.51. The molecule has 0 unspecified atom stereocenters. The second-order valence-electron chi connectivity index (χ2n) is 5.47. The number of carbonyl (C=O) groups excluding carboxylic acids is 1. The Morgan fingerprint density at radius 1 is 0.952 bits per heavy atom. The third kappa shape index (κ3) is 3.60. The Labute approximate surface area is 133 Å². The Morgan fingerprint density at radius 2 is 1.52 bits per heavy atom. The molecule has 0 aliphatic carbocycles. The maximum absolute atomic E-state index is 12.4. The smallest absolute Gasteiger partial charge is 0.176 e. The van der Waals surface area contributed by atoms with Crippen LogP contribution < -0.4 is 0 Å². The van der Waals surface area contributed by atoms with Crippen LogP contribution in [0, 0.1) is 0 Å². The van der Waals surface area contributed by atoms with E-state index < -0.39 is 0 Å². The van der Waals surface area contributed by atoms with Gasteiger partial charge in [-0.25, -0.2) is 0 Å². The highest BCUT2D eigenvalue weighted by molar-refractivity contribution is 9.10. The first-order valence-corrected chi connectivity index (χ1v) is 8.09. The lowest BCUT2D eigenvalue weighted by Gasteiger charge is -2.18. The number of rotatable bonds is 3. The van der Waals surface area contributed by atoms with E-state index in [4.69, 9.17) is 0 Å². The predicted octanol–water partition coefficient (Wildman–Crippen LogP) is 3.73. The summed E-state index contributed by atoms with van der Waals surface area (Å²) in [7, 11) is 0. The fraction of sp³-hybridized carbons (Fsp3) is 0.278. The SMILES string of the molecule is O=C(CN1CCc2ccccc2CC1)c1ccc(Br)cc1. The molecule has 1 heterocycles. The van der Waals surface area contributed by atoms with Crippen molar-refractivity contribution < 1.29 is 4.79 Å². The third-order valence-electron chi connectivity index (χ3n) is 4.05. The lowest BCUT2D eigenvalue weighted by Crippen LogP contribution is -2.32. The van der Waals surface area contributed by atoms with Gasteiger partial charge in [-0.3, -0.25) is 9.69 Å². The molecule has 0 fully saturated rings. The number of hydrogen-bond donors (Lipinski definition) is 0. The minimum Gasteiger partial charge on any atom is -0.295 e. The number of halogens is 1. The summed E-state index contributed by atoms with van der Waals surface area (Å²) in [5, 5.41) is 0. The molecule has 0 atom stereocenters. The first-order valence-electron chi connectivity index (χ1n) is 7.30. The van der Waals surface area contributed by atoms with Crippen molar-refractivity contribution in [3.8, 4) is 0 Å².